The van der Waals surface area contributed by atoms with Crippen LogP contribution in [0.4, 0.5) is 11.6 Å². The molecule has 3 heterocycles. The van der Waals surface area contributed by atoms with Crippen LogP contribution < -0.4 is 15.4 Å². The Bertz CT molecular complexity index is 1440. The van der Waals surface area contributed by atoms with Crippen LogP contribution in [-0.4, -0.2) is 56.9 Å². The molecule has 1 fully saturated rings. The minimum atomic E-state index is -0.496. The van der Waals surface area contributed by atoms with Gasteiger partial charge in [0, 0.05) is 30.2 Å². The quantitative estimate of drug-likeness (QED) is 0.316. The van der Waals surface area contributed by atoms with Crippen molar-refractivity contribution in [3.63, 3.8) is 0 Å². The van der Waals surface area contributed by atoms with Crippen molar-refractivity contribution < 1.29 is 14.3 Å². The number of hydrogen-bond donors (Lipinski definition) is 2. The summed E-state index contributed by atoms with van der Waals surface area (Å²) in [4.78, 5) is 33.0. The molecule has 1 saturated heterocycles. The number of fused-ring (bicyclic) bond motifs is 1. The monoisotopic (exact) mass is 574 g/mol. The van der Waals surface area contributed by atoms with Crippen molar-refractivity contribution in [1.82, 2.24) is 19.7 Å². The minimum absolute atomic E-state index is 0.0143. The average molecular weight is 575 g/mol. The Morgan fingerprint density at radius 2 is 1.83 bits per heavy atom. The van der Waals surface area contributed by atoms with Crippen LogP contribution in [0, 0.1) is 13.8 Å². The van der Waals surface area contributed by atoms with Gasteiger partial charge in [0.15, 0.2) is 6.61 Å². The number of allylic oxidation sites excluding steroid dienone is 1. The van der Waals surface area contributed by atoms with Crippen LogP contribution in [0.2, 0.25) is 0 Å². The highest BCUT2D eigenvalue weighted by atomic mass is 32.2. The number of hydrogen-bond acceptors (Lipinski definition) is 7. The molecule has 41 heavy (non-hydrogen) atoms. The van der Waals surface area contributed by atoms with E-state index in [0.29, 0.717) is 22.4 Å². The second-order valence-electron chi connectivity index (χ2n) is 10.6. The molecular formula is C31H38N6O3S. The van der Waals surface area contributed by atoms with Gasteiger partial charge in [0.05, 0.1) is 5.57 Å². The summed E-state index contributed by atoms with van der Waals surface area (Å²) in [5, 5.41) is 11.9. The summed E-state index contributed by atoms with van der Waals surface area (Å²) in [6, 6.07) is 12.9. The lowest BCUT2D eigenvalue weighted by molar-refractivity contribution is -0.134. The van der Waals surface area contributed by atoms with E-state index in [9.17, 15) is 9.59 Å². The number of benzene rings is 2. The van der Waals surface area contributed by atoms with Gasteiger partial charge in [-0.05, 0) is 81.3 Å². The van der Waals surface area contributed by atoms with Crippen molar-refractivity contribution in [3.8, 4) is 5.75 Å². The first kappa shape index (κ1) is 28.7. The van der Waals surface area contributed by atoms with Gasteiger partial charge in [0.25, 0.3) is 11.8 Å². The van der Waals surface area contributed by atoms with E-state index in [1.807, 2.05) is 68.1 Å². The Balaban J connectivity index is 1.42. The van der Waals surface area contributed by atoms with Crippen molar-refractivity contribution in [1.29, 1.82) is 0 Å². The molecule has 2 aromatic carbocycles. The normalized spacial score (nSPS) is 16.7. The van der Waals surface area contributed by atoms with E-state index in [2.05, 4.69) is 17.6 Å². The molecule has 10 heteroatoms. The zero-order chi connectivity index (χ0) is 28.9. The number of carbonyl (C=O) groups excluding carboxylic acids is 2. The van der Waals surface area contributed by atoms with Crippen molar-refractivity contribution in [2.75, 3.05) is 36.1 Å². The van der Waals surface area contributed by atoms with Crippen molar-refractivity contribution >= 4 is 35.2 Å². The van der Waals surface area contributed by atoms with Crippen molar-refractivity contribution in [3.05, 3.63) is 70.4 Å². The van der Waals surface area contributed by atoms with Gasteiger partial charge in [-0.15, -0.1) is 5.10 Å². The first-order chi connectivity index (χ1) is 19.9. The molecule has 216 valence electrons. The molecule has 0 radical (unpaired) electrons. The lowest BCUT2D eigenvalue weighted by Gasteiger charge is -2.29. The summed E-state index contributed by atoms with van der Waals surface area (Å²) >= 11 is 1.59. The number of likely N-dealkylation sites (tertiary alicyclic amines) is 1. The number of rotatable bonds is 9. The highest BCUT2D eigenvalue weighted by molar-refractivity contribution is 7.99. The molecule has 1 unspecified atom stereocenters. The molecule has 1 aromatic heterocycles. The third-order valence-corrected chi connectivity index (χ3v) is 8.68. The fraction of sp³-hybridized carbons (Fsp3) is 0.419. The number of aromatic nitrogens is 3. The van der Waals surface area contributed by atoms with Crippen molar-refractivity contribution in [2.24, 2.45) is 0 Å². The van der Waals surface area contributed by atoms with Gasteiger partial charge in [-0.2, -0.15) is 4.98 Å². The van der Waals surface area contributed by atoms with Crippen LogP contribution in [-0.2, 0) is 9.59 Å². The van der Waals surface area contributed by atoms with Gasteiger partial charge in [0.1, 0.15) is 11.8 Å². The smallest absolute Gasteiger partial charge is 0.260 e. The second-order valence-corrected chi connectivity index (χ2v) is 11.6. The predicted molar refractivity (Wildman–Crippen MR) is 162 cm³/mol. The Labute approximate surface area is 245 Å². The maximum absolute atomic E-state index is 13.9. The molecular weight excluding hydrogens is 536 g/mol. The number of nitrogens with one attached hydrogen (secondary N) is 2. The van der Waals surface area contributed by atoms with Crippen LogP contribution in [0.15, 0.2) is 58.9 Å². The van der Waals surface area contributed by atoms with Gasteiger partial charge in [-0.1, -0.05) is 43.0 Å². The lowest BCUT2D eigenvalue weighted by Crippen LogP contribution is -2.38. The number of aryl methyl sites for hydroxylation is 1. The summed E-state index contributed by atoms with van der Waals surface area (Å²) in [7, 11) is 0. The summed E-state index contributed by atoms with van der Waals surface area (Å²) in [5.74, 6) is 1.92. The van der Waals surface area contributed by atoms with Crippen LogP contribution in [0.3, 0.4) is 0 Å². The maximum atomic E-state index is 13.9. The number of carbonyl (C=O) groups is 2. The maximum Gasteiger partial charge on any atom is 0.260 e. The van der Waals surface area contributed by atoms with Gasteiger partial charge >= 0.3 is 0 Å². The summed E-state index contributed by atoms with van der Waals surface area (Å²) in [6.45, 7) is 9.66. The Hall–Kier alpha value is -3.79. The molecule has 5 rings (SSSR count). The lowest BCUT2D eigenvalue weighted by atomic mass is 9.94. The van der Waals surface area contributed by atoms with Gasteiger partial charge in [-0.25, -0.2) is 4.68 Å². The molecule has 0 saturated carbocycles. The molecule has 2 aliphatic rings. The van der Waals surface area contributed by atoms with E-state index in [-0.39, 0.29) is 18.4 Å². The van der Waals surface area contributed by atoms with E-state index >= 15 is 0 Å². The van der Waals surface area contributed by atoms with Gasteiger partial charge < -0.3 is 20.3 Å². The molecule has 0 bridgehead atoms. The minimum Gasteiger partial charge on any atom is -0.484 e. The predicted octanol–water partition coefficient (Wildman–Crippen LogP) is 5.72. The molecule has 0 spiro atoms. The molecule has 0 aliphatic carbocycles. The molecule has 2 amide bonds. The Morgan fingerprint density at radius 1 is 1.07 bits per heavy atom. The third-order valence-electron chi connectivity index (χ3n) is 7.63. The average Bonchev–Trinajstić information content (AvgIpc) is 3.39. The summed E-state index contributed by atoms with van der Waals surface area (Å²) in [5.41, 5.74) is 5.06. The molecule has 1 atom stereocenters. The van der Waals surface area contributed by atoms with Crippen LogP contribution in [0.5, 0.6) is 5.75 Å². The van der Waals surface area contributed by atoms with Gasteiger partial charge in [-0.3, -0.25) is 9.59 Å². The molecule has 3 aromatic rings. The first-order valence-corrected chi connectivity index (χ1v) is 15.3. The van der Waals surface area contributed by atoms with E-state index in [4.69, 9.17) is 14.8 Å². The zero-order valence-electron chi connectivity index (χ0n) is 24.2. The van der Waals surface area contributed by atoms with E-state index in [1.165, 1.54) is 6.42 Å². The zero-order valence-corrected chi connectivity index (χ0v) is 25.0. The molecule has 9 nitrogen and oxygen atoms in total. The van der Waals surface area contributed by atoms with Gasteiger partial charge in [0.2, 0.25) is 11.1 Å². The topological polar surface area (TPSA) is 101 Å². The van der Waals surface area contributed by atoms with Crippen LogP contribution >= 0.6 is 11.8 Å². The number of piperidine rings is 1. The molecule has 2 N–H and O–H groups in total. The second kappa shape index (κ2) is 12.8. The Morgan fingerprint density at radius 3 is 2.56 bits per heavy atom. The standard InChI is InChI=1S/C31H38N6O3S/c1-5-18-41-31-34-30-32-22(4)27(29(39)33-25-11-9-10-20(2)21(25)3)28(37(30)35-31)23-12-14-24(15-13-23)40-19-26(38)36-16-7-6-8-17-36/h9-15,28H,5-8,16-19H2,1-4H3,(H,33,39)(H,32,34,35). The summed E-state index contributed by atoms with van der Waals surface area (Å²) in [6.07, 6.45) is 4.28. The van der Waals surface area contributed by atoms with Crippen molar-refractivity contribution in [2.45, 2.75) is 64.6 Å². The number of anilines is 2. The fourth-order valence-corrected chi connectivity index (χ4v) is 5.87. The van der Waals surface area contributed by atoms with E-state index in [0.717, 1.165) is 66.2 Å². The highest BCUT2D eigenvalue weighted by Crippen LogP contribution is 2.37. The molecule has 2 aliphatic heterocycles. The van der Waals surface area contributed by atoms with Crippen LogP contribution in [0.25, 0.3) is 0 Å². The summed E-state index contributed by atoms with van der Waals surface area (Å²) < 4.78 is 7.64. The SMILES string of the molecule is CCCSc1nc2n(n1)C(c1ccc(OCC(=O)N3CCCCC3)cc1)C(C(=O)Nc1cccc(C)c1C)=C(C)N2. The number of amides is 2. The third kappa shape index (κ3) is 6.43. The number of ether oxygens (including phenoxy) is 1. The largest absolute Gasteiger partial charge is 0.484 e. The van der Waals surface area contributed by atoms with Crippen LogP contribution in [0.1, 0.15) is 62.3 Å². The number of thioether (sulfide) groups is 1. The first-order valence-electron chi connectivity index (χ1n) is 14.3. The van der Waals surface area contributed by atoms with E-state index in [1.54, 1.807) is 16.4 Å². The number of nitrogens with zero attached hydrogens (tertiary/aromatic N) is 4. The fourth-order valence-electron chi connectivity index (χ4n) is 5.19. The highest BCUT2D eigenvalue weighted by Gasteiger charge is 2.34. The Kier molecular flexibility index (Phi) is 8.97. The van der Waals surface area contributed by atoms with E-state index < -0.39 is 6.04 Å².